The zero-order valence-electron chi connectivity index (χ0n) is 13.8. The molecule has 0 aromatic heterocycles. The van der Waals surface area contributed by atoms with Crippen molar-refractivity contribution in [1.82, 2.24) is 10.0 Å². The number of hydrogen-bond donors (Lipinski definition) is 2. The van der Waals surface area contributed by atoms with Crippen molar-refractivity contribution in [3.63, 3.8) is 0 Å². The van der Waals surface area contributed by atoms with Gasteiger partial charge in [-0.1, -0.05) is 19.1 Å². The molecule has 1 saturated carbocycles. The van der Waals surface area contributed by atoms with Gasteiger partial charge in [0.15, 0.2) is 0 Å². The number of benzene rings is 1. The second-order valence-electron chi connectivity index (χ2n) is 6.34. The molecule has 1 aliphatic carbocycles. The van der Waals surface area contributed by atoms with E-state index in [1.807, 2.05) is 6.07 Å². The van der Waals surface area contributed by atoms with Crippen molar-refractivity contribution in [2.24, 2.45) is 5.92 Å². The third kappa shape index (κ3) is 5.24. The Morgan fingerprint density at radius 3 is 2.42 bits per heavy atom. The van der Waals surface area contributed by atoms with Crippen molar-refractivity contribution in [3.05, 3.63) is 29.8 Å². The molecule has 0 atom stereocenters. The topological polar surface area (TPSA) is 99.1 Å². The maximum Gasteiger partial charge on any atom is 0.328 e. The van der Waals surface area contributed by atoms with E-state index >= 15 is 0 Å². The lowest BCUT2D eigenvalue weighted by Gasteiger charge is -2.26. The molecule has 0 bridgehead atoms. The van der Waals surface area contributed by atoms with E-state index in [0.29, 0.717) is 18.8 Å². The normalized spacial score (nSPS) is 20.8. The van der Waals surface area contributed by atoms with Gasteiger partial charge in [-0.05, 0) is 55.7 Å². The number of sulfonamides is 1. The Balaban J connectivity index is 1.92. The zero-order chi connectivity index (χ0) is 17.6. The quantitative estimate of drug-likeness (QED) is 0.853. The first-order valence-electron chi connectivity index (χ1n) is 8.20. The molecule has 1 aromatic rings. The zero-order valence-corrected chi connectivity index (χ0v) is 14.6. The van der Waals surface area contributed by atoms with Crippen molar-refractivity contribution >= 4 is 16.1 Å². The summed E-state index contributed by atoms with van der Waals surface area (Å²) in [4.78, 5) is 12.0. The molecule has 6 nitrogen and oxygen atoms in total. The molecule has 1 aliphatic rings. The third-order valence-corrected chi connectivity index (χ3v) is 5.68. The summed E-state index contributed by atoms with van der Waals surface area (Å²) in [5.41, 5.74) is 0.885. The Bertz CT molecular complexity index is 700. The first-order valence-corrected chi connectivity index (χ1v) is 9.68. The summed E-state index contributed by atoms with van der Waals surface area (Å²) < 4.78 is 26.5. The minimum absolute atomic E-state index is 0.0322. The molecule has 1 fully saturated rings. The summed E-state index contributed by atoms with van der Waals surface area (Å²) >= 11 is 0. The van der Waals surface area contributed by atoms with E-state index in [-0.39, 0.29) is 10.9 Å². The Morgan fingerprint density at radius 2 is 1.83 bits per heavy atom. The fourth-order valence-electron chi connectivity index (χ4n) is 2.84. The van der Waals surface area contributed by atoms with Crippen molar-refractivity contribution < 1.29 is 13.2 Å². The van der Waals surface area contributed by atoms with Gasteiger partial charge < -0.3 is 5.32 Å². The van der Waals surface area contributed by atoms with Gasteiger partial charge in [0.05, 0.1) is 11.0 Å². The van der Waals surface area contributed by atoms with Crippen LogP contribution in [0.3, 0.4) is 0 Å². The molecule has 0 aliphatic heterocycles. The second-order valence-corrected chi connectivity index (χ2v) is 8.02. The summed E-state index contributed by atoms with van der Waals surface area (Å²) in [6, 6.07) is 7.62. The van der Waals surface area contributed by atoms with Crippen molar-refractivity contribution in [2.75, 3.05) is 0 Å². The van der Waals surface area contributed by atoms with Gasteiger partial charge in [0.1, 0.15) is 0 Å². The molecule has 1 aromatic carbocycles. The van der Waals surface area contributed by atoms with E-state index in [1.165, 1.54) is 12.1 Å². The highest BCUT2D eigenvalue weighted by Crippen LogP contribution is 2.23. The Hall–Kier alpha value is -2.07. The van der Waals surface area contributed by atoms with Crippen LogP contribution in [-0.2, 0) is 16.4 Å². The molecule has 2 amide bonds. The summed E-state index contributed by atoms with van der Waals surface area (Å²) in [7, 11) is -3.89. The van der Waals surface area contributed by atoms with Crippen LogP contribution >= 0.6 is 0 Å². The average molecular weight is 349 g/mol. The van der Waals surface area contributed by atoms with Crippen LogP contribution in [0.2, 0.25) is 0 Å². The minimum Gasteiger partial charge on any atom is -0.335 e. The van der Waals surface area contributed by atoms with Gasteiger partial charge in [-0.15, -0.1) is 0 Å². The molecule has 2 rings (SSSR count). The number of nitriles is 1. The lowest BCUT2D eigenvalue weighted by molar-refractivity contribution is 0.233. The van der Waals surface area contributed by atoms with Crippen LogP contribution in [0.4, 0.5) is 4.79 Å². The number of carbonyl (C=O) groups is 1. The predicted octanol–water partition coefficient (Wildman–Crippen LogP) is 2.71. The number of aryl methyl sites for hydroxylation is 1. The molecule has 0 radical (unpaired) electrons. The molecular formula is C17H23N3O3S. The molecule has 0 spiro atoms. The fourth-order valence-corrected chi connectivity index (χ4v) is 3.75. The number of rotatable bonds is 5. The summed E-state index contributed by atoms with van der Waals surface area (Å²) in [6.07, 6.45) is 4.80. The Morgan fingerprint density at radius 1 is 1.21 bits per heavy atom. The van der Waals surface area contributed by atoms with Crippen molar-refractivity contribution in [3.8, 4) is 6.07 Å². The minimum atomic E-state index is -3.89. The van der Waals surface area contributed by atoms with E-state index in [4.69, 9.17) is 5.26 Å². The largest absolute Gasteiger partial charge is 0.335 e. The number of nitrogens with one attached hydrogen (secondary N) is 2. The van der Waals surface area contributed by atoms with Crippen LogP contribution in [0.15, 0.2) is 29.2 Å². The van der Waals surface area contributed by atoms with Gasteiger partial charge >= 0.3 is 6.03 Å². The van der Waals surface area contributed by atoms with Crippen LogP contribution in [-0.4, -0.2) is 20.5 Å². The highest BCUT2D eigenvalue weighted by atomic mass is 32.2. The number of nitrogens with zero attached hydrogens (tertiary/aromatic N) is 1. The molecule has 0 saturated heterocycles. The number of hydrogen-bond acceptors (Lipinski definition) is 4. The molecule has 0 unspecified atom stereocenters. The molecule has 0 heterocycles. The van der Waals surface area contributed by atoms with E-state index < -0.39 is 16.1 Å². The van der Waals surface area contributed by atoms with Crippen LogP contribution < -0.4 is 10.0 Å². The fraction of sp³-hybridized carbons (Fsp3) is 0.529. The highest BCUT2D eigenvalue weighted by Gasteiger charge is 2.22. The van der Waals surface area contributed by atoms with Crippen LogP contribution in [0, 0.1) is 17.2 Å². The van der Waals surface area contributed by atoms with Gasteiger partial charge in [0.25, 0.3) is 10.0 Å². The van der Waals surface area contributed by atoms with Crippen LogP contribution in [0.25, 0.3) is 0 Å². The number of urea groups is 1. The smallest absolute Gasteiger partial charge is 0.328 e. The van der Waals surface area contributed by atoms with E-state index in [2.05, 4.69) is 17.0 Å². The van der Waals surface area contributed by atoms with Gasteiger partial charge in [-0.25, -0.2) is 17.9 Å². The number of amides is 2. The van der Waals surface area contributed by atoms with Crippen molar-refractivity contribution in [1.29, 1.82) is 5.26 Å². The molecule has 7 heteroatoms. The van der Waals surface area contributed by atoms with E-state index in [0.717, 1.165) is 31.2 Å². The first kappa shape index (κ1) is 18.3. The van der Waals surface area contributed by atoms with Crippen LogP contribution in [0.5, 0.6) is 0 Å². The lowest BCUT2D eigenvalue weighted by atomic mass is 9.87. The SMILES string of the molecule is C[C@H]1CC[C@H](NC(=O)NS(=O)(=O)c2ccc(CCC#N)cc2)CC1. The Kier molecular flexibility index (Phi) is 6.21. The van der Waals surface area contributed by atoms with Crippen molar-refractivity contribution in [2.45, 2.75) is 56.4 Å². The third-order valence-electron chi connectivity index (χ3n) is 4.34. The van der Waals surface area contributed by atoms with Crippen LogP contribution in [0.1, 0.15) is 44.6 Å². The predicted molar refractivity (Wildman–Crippen MR) is 90.6 cm³/mol. The Labute approximate surface area is 143 Å². The molecule has 130 valence electrons. The molecule has 2 N–H and O–H groups in total. The maximum atomic E-state index is 12.2. The highest BCUT2D eigenvalue weighted by molar-refractivity contribution is 7.90. The van der Waals surface area contributed by atoms with E-state index in [9.17, 15) is 13.2 Å². The number of carbonyl (C=O) groups excluding carboxylic acids is 1. The first-order chi connectivity index (χ1) is 11.4. The van der Waals surface area contributed by atoms with E-state index in [1.54, 1.807) is 12.1 Å². The summed E-state index contributed by atoms with van der Waals surface area (Å²) in [6.45, 7) is 2.18. The van der Waals surface area contributed by atoms with Gasteiger partial charge in [-0.3, -0.25) is 0 Å². The maximum absolute atomic E-state index is 12.2. The summed E-state index contributed by atoms with van der Waals surface area (Å²) in [5, 5.41) is 11.3. The van der Waals surface area contributed by atoms with Gasteiger partial charge in [-0.2, -0.15) is 5.26 Å². The summed E-state index contributed by atoms with van der Waals surface area (Å²) in [5.74, 6) is 0.661. The molecular weight excluding hydrogens is 326 g/mol. The second kappa shape index (κ2) is 8.15. The standard InChI is InChI=1S/C17H23N3O3S/c1-13-4-8-15(9-5-13)19-17(21)20-24(22,23)16-10-6-14(7-11-16)3-2-12-18/h6-7,10-11,13,15H,2-5,8-9H2,1H3,(H2,19,20,21)/t13-,15-. The molecule has 24 heavy (non-hydrogen) atoms. The monoisotopic (exact) mass is 349 g/mol. The average Bonchev–Trinajstić information content (AvgIpc) is 2.55. The van der Waals surface area contributed by atoms with Gasteiger partial charge in [0, 0.05) is 12.5 Å². The lowest BCUT2D eigenvalue weighted by Crippen LogP contribution is -2.45. The van der Waals surface area contributed by atoms with Gasteiger partial charge in [0.2, 0.25) is 0 Å².